The first-order valence-electron chi connectivity index (χ1n) is 9.95. The van der Waals surface area contributed by atoms with Crippen LogP contribution in [-0.4, -0.2) is 43.4 Å². The lowest BCUT2D eigenvalue weighted by atomic mass is 10.2. The molecule has 13 heteroatoms. The van der Waals surface area contributed by atoms with Crippen LogP contribution in [-0.2, 0) is 6.18 Å². The number of halogens is 3. The number of aliphatic hydroxyl groups excluding tert-OH is 1. The molecular weight excluding hydrogens is 453 g/mol. The fourth-order valence-electron chi connectivity index (χ4n) is 2.90. The van der Waals surface area contributed by atoms with Gasteiger partial charge in [-0.05, 0) is 42.5 Å². The number of anilines is 4. The molecule has 2 heterocycles. The van der Waals surface area contributed by atoms with Gasteiger partial charge in [0.15, 0.2) is 5.82 Å². The van der Waals surface area contributed by atoms with Crippen LogP contribution in [0.5, 0.6) is 11.6 Å². The average Bonchev–Trinajstić information content (AvgIpc) is 3.26. The maximum atomic E-state index is 12.9. The molecule has 0 unspecified atom stereocenters. The number of aromatic nitrogens is 5. The maximum Gasteiger partial charge on any atom is 0.416 e. The van der Waals surface area contributed by atoms with Crippen molar-refractivity contribution in [2.24, 2.45) is 0 Å². The molecule has 0 amide bonds. The van der Waals surface area contributed by atoms with Crippen molar-refractivity contribution in [3.8, 4) is 23.0 Å². The van der Waals surface area contributed by atoms with E-state index in [1.54, 1.807) is 24.3 Å². The van der Waals surface area contributed by atoms with Gasteiger partial charge in [-0.2, -0.15) is 23.1 Å². The second-order valence-electron chi connectivity index (χ2n) is 6.96. The predicted octanol–water partition coefficient (Wildman–Crippen LogP) is 3.80. The van der Waals surface area contributed by atoms with Gasteiger partial charge in [0.1, 0.15) is 11.6 Å². The normalized spacial score (nSPS) is 11.3. The Bertz CT molecular complexity index is 1260. The zero-order valence-electron chi connectivity index (χ0n) is 17.5. The molecule has 0 atom stereocenters. The quantitative estimate of drug-likeness (QED) is 0.258. The lowest BCUT2D eigenvalue weighted by Gasteiger charge is -2.09. The van der Waals surface area contributed by atoms with Gasteiger partial charge in [-0.3, -0.25) is 0 Å². The molecule has 0 saturated carbocycles. The molecule has 10 nitrogen and oxygen atoms in total. The first-order valence-corrected chi connectivity index (χ1v) is 9.95. The molecule has 0 aliphatic rings. The third-order valence-electron chi connectivity index (χ3n) is 4.41. The second-order valence-corrected chi connectivity index (χ2v) is 6.96. The molecule has 4 aromatic rings. The van der Waals surface area contributed by atoms with Crippen molar-refractivity contribution in [2.45, 2.75) is 6.18 Å². The van der Waals surface area contributed by atoms with Crippen LogP contribution in [0.3, 0.4) is 0 Å². The molecule has 0 aliphatic carbocycles. The summed E-state index contributed by atoms with van der Waals surface area (Å²) in [6.07, 6.45) is -4.44. The number of hydrogen-bond donors (Lipinski definition) is 5. The number of aromatic amines is 1. The highest BCUT2D eigenvalue weighted by atomic mass is 19.4. The molecule has 0 spiro atoms. The number of hydrogen-bond acceptors (Lipinski definition) is 9. The number of nitrogens with zero attached hydrogens (tertiary/aromatic N) is 4. The molecule has 0 radical (unpaired) electrons. The molecular formula is C21H19F3N8O2. The monoisotopic (exact) mass is 472 g/mol. The lowest BCUT2D eigenvalue weighted by Crippen LogP contribution is -2.10. The van der Waals surface area contributed by atoms with Gasteiger partial charge in [-0.15, -0.1) is 10.2 Å². The highest BCUT2D eigenvalue weighted by Gasteiger charge is 2.30. The van der Waals surface area contributed by atoms with Crippen LogP contribution >= 0.6 is 0 Å². The van der Waals surface area contributed by atoms with Crippen molar-refractivity contribution in [2.75, 3.05) is 29.5 Å². The Morgan fingerprint density at radius 2 is 1.82 bits per heavy atom. The Labute approximate surface area is 191 Å². The summed E-state index contributed by atoms with van der Waals surface area (Å²) in [4.78, 5) is 11.1. The van der Waals surface area contributed by atoms with E-state index in [1.807, 2.05) is 0 Å². The molecule has 176 valence electrons. The number of rotatable bonds is 8. The number of ether oxygens (including phenoxy) is 1. The second kappa shape index (κ2) is 9.62. The maximum absolute atomic E-state index is 12.9. The molecule has 4 rings (SSSR count). The van der Waals surface area contributed by atoms with Crippen LogP contribution in [0.1, 0.15) is 5.56 Å². The van der Waals surface area contributed by atoms with Crippen LogP contribution in [0.15, 0.2) is 54.6 Å². The number of aliphatic hydroxyl groups is 1. The number of benzene rings is 2. The van der Waals surface area contributed by atoms with Gasteiger partial charge in [0.05, 0.1) is 12.2 Å². The molecule has 0 saturated heterocycles. The summed E-state index contributed by atoms with van der Waals surface area (Å²) in [7, 11) is 0. The minimum atomic E-state index is -4.44. The van der Waals surface area contributed by atoms with Crippen LogP contribution in [0, 0.1) is 0 Å². The molecule has 34 heavy (non-hydrogen) atoms. The Balaban J connectivity index is 1.44. The van der Waals surface area contributed by atoms with E-state index in [1.165, 1.54) is 18.2 Å². The zero-order chi connectivity index (χ0) is 24.1. The van der Waals surface area contributed by atoms with Crippen molar-refractivity contribution in [3.05, 3.63) is 60.2 Å². The summed E-state index contributed by atoms with van der Waals surface area (Å²) < 4.78 is 44.4. The summed E-state index contributed by atoms with van der Waals surface area (Å²) in [5.74, 6) is 1.70. The summed E-state index contributed by atoms with van der Waals surface area (Å²) in [5, 5.41) is 22.4. The zero-order valence-corrected chi connectivity index (χ0v) is 17.5. The molecule has 0 fully saturated rings. The SMILES string of the molecule is Nc1cc(Oc2ccc(-c3nnc(Nc4cccc(C(F)(F)F)c4)[nH]3)cc2)nc(NCCO)n1. The number of nitrogens with two attached hydrogens (primary N) is 1. The Hall–Kier alpha value is -4.39. The van der Waals surface area contributed by atoms with Crippen molar-refractivity contribution in [3.63, 3.8) is 0 Å². The Morgan fingerprint density at radius 3 is 2.56 bits per heavy atom. The number of nitrogens with one attached hydrogen (secondary N) is 3. The molecule has 6 N–H and O–H groups in total. The van der Waals surface area contributed by atoms with Crippen LogP contribution in [0.2, 0.25) is 0 Å². The van der Waals surface area contributed by atoms with Crippen LogP contribution in [0.4, 0.5) is 36.6 Å². The van der Waals surface area contributed by atoms with Gasteiger partial charge < -0.3 is 31.2 Å². The lowest BCUT2D eigenvalue weighted by molar-refractivity contribution is -0.137. The molecule has 0 bridgehead atoms. The fraction of sp³-hybridized carbons (Fsp3) is 0.143. The topological polar surface area (TPSA) is 147 Å². The summed E-state index contributed by atoms with van der Waals surface area (Å²) in [5.41, 5.74) is 5.88. The summed E-state index contributed by atoms with van der Waals surface area (Å²) in [6, 6.07) is 13.0. The molecule has 0 aliphatic heterocycles. The third-order valence-corrected chi connectivity index (χ3v) is 4.41. The fourth-order valence-corrected chi connectivity index (χ4v) is 2.90. The van der Waals surface area contributed by atoms with E-state index >= 15 is 0 Å². The highest BCUT2D eigenvalue weighted by molar-refractivity contribution is 5.60. The minimum Gasteiger partial charge on any atom is -0.439 e. The van der Waals surface area contributed by atoms with Crippen LogP contribution in [0.25, 0.3) is 11.4 Å². The largest absolute Gasteiger partial charge is 0.439 e. The van der Waals surface area contributed by atoms with Gasteiger partial charge in [0, 0.05) is 23.9 Å². The van der Waals surface area contributed by atoms with Crippen molar-refractivity contribution < 1.29 is 23.0 Å². The van der Waals surface area contributed by atoms with Crippen molar-refractivity contribution in [1.82, 2.24) is 25.1 Å². The summed E-state index contributed by atoms with van der Waals surface area (Å²) >= 11 is 0. The van der Waals surface area contributed by atoms with E-state index in [4.69, 9.17) is 15.6 Å². The summed E-state index contributed by atoms with van der Waals surface area (Å²) in [6.45, 7) is 0.175. The van der Waals surface area contributed by atoms with Gasteiger partial charge in [0.25, 0.3) is 0 Å². The van der Waals surface area contributed by atoms with Crippen LogP contribution < -0.4 is 21.1 Å². The third kappa shape index (κ3) is 5.69. The number of H-pyrrole nitrogens is 1. The first-order chi connectivity index (χ1) is 16.3. The van der Waals surface area contributed by atoms with Gasteiger partial charge in [0.2, 0.25) is 17.8 Å². The smallest absolute Gasteiger partial charge is 0.416 e. The van der Waals surface area contributed by atoms with E-state index in [0.29, 0.717) is 17.1 Å². The molecule has 2 aromatic carbocycles. The van der Waals surface area contributed by atoms with Crippen molar-refractivity contribution >= 4 is 23.4 Å². The highest BCUT2D eigenvalue weighted by Crippen LogP contribution is 2.31. The van der Waals surface area contributed by atoms with Gasteiger partial charge in [-0.25, -0.2) is 0 Å². The first kappa shape index (κ1) is 22.8. The van der Waals surface area contributed by atoms with E-state index in [-0.39, 0.29) is 42.4 Å². The average molecular weight is 472 g/mol. The van der Waals surface area contributed by atoms with Crippen molar-refractivity contribution in [1.29, 1.82) is 0 Å². The van der Waals surface area contributed by atoms with E-state index in [9.17, 15) is 13.2 Å². The van der Waals surface area contributed by atoms with E-state index in [0.717, 1.165) is 12.1 Å². The standard InChI is InChI=1S/C21H19F3N8O2/c22-21(23,24)13-2-1-3-14(10-13)27-20-30-18(31-32-20)12-4-6-15(7-5-12)34-17-11-16(25)28-19(29-17)26-8-9-33/h1-7,10-11,33H,8-9H2,(H3,25,26,28,29)(H2,27,30,31,32). The van der Waals surface area contributed by atoms with E-state index in [2.05, 4.69) is 35.8 Å². The van der Waals surface area contributed by atoms with Gasteiger partial charge in [-0.1, -0.05) is 6.07 Å². The minimum absolute atomic E-state index is 0.0887. The van der Waals surface area contributed by atoms with Gasteiger partial charge >= 0.3 is 6.18 Å². The number of nitrogen functional groups attached to an aromatic ring is 1. The molecule has 2 aromatic heterocycles. The Morgan fingerprint density at radius 1 is 1.03 bits per heavy atom. The Kier molecular flexibility index (Phi) is 6.45. The predicted molar refractivity (Wildman–Crippen MR) is 119 cm³/mol. The number of alkyl halides is 3. The van der Waals surface area contributed by atoms with E-state index < -0.39 is 11.7 Å².